The van der Waals surface area contributed by atoms with Gasteiger partial charge in [0.25, 0.3) is 5.91 Å². The number of fused-ring (bicyclic) bond motifs is 1. The molecule has 0 aromatic carbocycles. The third kappa shape index (κ3) is 3.45. The monoisotopic (exact) mass is 372 g/mol. The van der Waals surface area contributed by atoms with Crippen molar-refractivity contribution in [3.05, 3.63) is 29.1 Å². The predicted molar refractivity (Wildman–Crippen MR) is 105 cm³/mol. The van der Waals surface area contributed by atoms with E-state index in [-0.39, 0.29) is 11.5 Å². The van der Waals surface area contributed by atoms with Crippen molar-refractivity contribution in [3.8, 4) is 0 Å². The van der Waals surface area contributed by atoms with Gasteiger partial charge in [0.1, 0.15) is 5.69 Å². The number of carbonyl (C=O) groups excluding carboxylic acids is 1. The normalized spacial score (nSPS) is 31.9. The van der Waals surface area contributed by atoms with Gasteiger partial charge in [0.05, 0.1) is 17.4 Å². The van der Waals surface area contributed by atoms with Crippen LogP contribution in [0.1, 0.15) is 49.3 Å². The lowest BCUT2D eigenvalue weighted by Crippen LogP contribution is -2.42. The van der Waals surface area contributed by atoms with Gasteiger partial charge >= 0.3 is 0 Å². The number of hydrogen-bond donors (Lipinski definition) is 1. The highest BCUT2D eigenvalue weighted by molar-refractivity contribution is 5.92. The quantitative estimate of drug-likeness (QED) is 0.779. The molecular formula is C21H32N4O2. The molecule has 0 aliphatic carbocycles. The van der Waals surface area contributed by atoms with Crippen molar-refractivity contribution in [1.82, 2.24) is 20.0 Å². The highest BCUT2D eigenvalue weighted by Crippen LogP contribution is 2.54. The van der Waals surface area contributed by atoms with E-state index in [0.717, 1.165) is 38.2 Å². The van der Waals surface area contributed by atoms with Crippen molar-refractivity contribution in [2.24, 2.45) is 18.9 Å². The minimum Gasteiger partial charge on any atom is -0.370 e. The number of amides is 1. The Morgan fingerprint density at radius 2 is 2.30 bits per heavy atom. The largest absolute Gasteiger partial charge is 0.370 e. The zero-order chi connectivity index (χ0) is 19.2. The Kier molecular flexibility index (Phi) is 4.89. The average molecular weight is 373 g/mol. The van der Waals surface area contributed by atoms with Crippen LogP contribution in [0, 0.1) is 18.8 Å². The number of carbonyl (C=O) groups is 1. The van der Waals surface area contributed by atoms with E-state index >= 15 is 0 Å². The minimum atomic E-state index is -0.0339. The summed E-state index contributed by atoms with van der Waals surface area (Å²) in [6.07, 6.45) is 6.03. The molecule has 1 spiro atoms. The zero-order valence-electron chi connectivity index (χ0n) is 17.0. The molecular weight excluding hydrogens is 340 g/mol. The second-order valence-corrected chi connectivity index (χ2v) is 8.84. The van der Waals surface area contributed by atoms with Gasteiger partial charge in [0.2, 0.25) is 0 Å². The molecule has 3 saturated heterocycles. The SMILES string of the molecule is CC(C)=CCCN1C[C@@H]2[C@H](CNC(=O)c3cc(C)nn3C)[C@H]3CC[C@]2(C1)O3. The van der Waals surface area contributed by atoms with Crippen LogP contribution in [0.2, 0.25) is 0 Å². The molecule has 1 aromatic rings. The molecule has 148 valence electrons. The number of ether oxygens (including phenoxy) is 1. The smallest absolute Gasteiger partial charge is 0.269 e. The maximum Gasteiger partial charge on any atom is 0.269 e. The third-order valence-corrected chi connectivity index (χ3v) is 6.59. The summed E-state index contributed by atoms with van der Waals surface area (Å²) in [5, 5.41) is 7.43. The van der Waals surface area contributed by atoms with Gasteiger partial charge in [-0.3, -0.25) is 14.4 Å². The summed E-state index contributed by atoms with van der Waals surface area (Å²) in [5.41, 5.74) is 2.91. The first-order chi connectivity index (χ1) is 12.9. The second kappa shape index (κ2) is 7.06. The van der Waals surface area contributed by atoms with Crippen molar-refractivity contribution >= 4 is 5.91 Å². The highest BCUT2D eigenvalue weighted by atomic mass is 16.5. The zero-order valence-corrected chi connectivity index (χ0v) is 17.0. The van der Waals surface area contributed by atoms with Crippen LogP contribution < -0.4 is 5.32 Å². The number of aryl methyl sites for hydroxylation is 2. The molecule has 0 saturated carbocycles. The number of rotatable bonds is 6. The van der Waals surface area contributed by atoms with E-state index in [4.69, 9.17) is 4.74 Å². The summed E-state index contributed by atoms with van der Waals surface area (Å²) in [7, 11) is 1.82. The number of allylic oxidation sites excluding steroid dienone is 1. The van der Waals surface area contributed by atoms with Crippen molar-refractivity contribution in [3.63, 3.8) is 0 Å². The van der Waals surface area contributed by atoms with Gasteiger partial charge in [-0.15, -0.1) is 0 Å². The molecule has 4 rings (SSSR count). The van der Waals surface area contributed by atoms with Crippen LogP contribution in [0.5, 0.6) is 0 Å². The van der Waals surface area contributed by atoms with Crippen LogP contribution in [0.25, 0.3) is 0 Å². The molecule has 2 bridgehead atoms. The summed E-state index contributed by atoms with van der Waals surface area (Å²) in [6, 6.07) is 1.84. The molecule has 27 heavy (non-hydrogen) atoms. The molecule has 0 unspecified atom stereocenters. The van der Waals surface area contributed by atoms with Crippen LogP contribution in [0.4, 0.5) is 0 Å². The Morgan fingerprint density at radius 3 is 3.00 bits per heavy atom. The Labute approximate surface area is 161 Å². The van der Waals surface area contributed by atoms with Gasteiger partial charge in [-0.2, -0.15) is 5.10 Å². The fourth-order valence-electron chi connectivity index (χ4n) is 5.39. The maximum absolute atomic E-state index is 12.6. The summed E-state index contributed by atoms with van der Waals surface area (Å²) in [4.78, 5) is 15.1. The molecule has 4 heterocycles. The predicted octanol–water partition coefficient (Wildman–Crippen LogP) is 2.29. The summed E-state index contributed by atoms with van der Waals surface area (Å²) < 4.78 is 8.15. The van der Waals surface area contributed by atoms with Gasteiger partial charge in [0.15, 0.2) is 0 Å². The van der Waals surface area contributed by atoms with E-state index in [9.17, 15) is 4.79 Å². The lowest BCUT2D eigenvalue weighted by atomic mass is 9.73. The summed E-state index contributed by atoms with van der Waals surface area (Å²) >= 11 is 0. The number of likely N-dealkylation sites (tertiary alicyclic amines) is 1. The Balaban J connectivity index is 1.37. The lowest BCUT2D eigenvalue weighted by Gasteiger charge is -2.29. The summed E-state index contributed by atoms with van der Waals surface area (Å²) in [5.74, 6) is 0.926. The lowest BCUT2D eigenvalue weighted by molar-refractivity contribution is 0.00290. The van der Waals surface area contributed by atoms with Crippen LogP contribution in [-0.4, -0.2) is 58.5 Å². The number of nitrogens with one attached hydrogen (secondary N) is 1. The van der Waals surface area contributed by atoms with Crippen LogP contribution in [0.3, 0.4) is 0 Å². The van der Waals surface area contributed by atoms with E-state index in [1.807, 2.05) is 20.0 Å². The molecule has 3 aliphatic rings. The molecule has 1 aromatic heterocycles. The van der Waals surface area contributed by atoms with Crippen molar-refractivity contribution < 1.29 is 9.53 Å². The maximum atomic E-state index is 12.6. The van der Waals surface area contributed by atoms with E-state index in [1.54, 1.807) is 4.68 Å². The molecule has 1 N–H and O–H groups in total. The molecule has 4 atom stereocenters. The van der Waals surface area contributed by atoms with Gasteiger partial charge in [-0.25, -0.2) is 0 Å². The van der Waals surface area contributed by atoms with Gasteiger partial charge in [-0.1, -0.05) is 11.6 Å². The Morgan fingerprint density at radius 1 is 1.48 bits per heavy atom. The van der Waals surface area contributed by atoms with Crippen molar-refractivity contribution in [2.45, 2.75) is 51.7 Å². The van der Waals surface area contributed by atoms with Crippen molar-refractivity contribution in [2.75, 3.05) is 26.2 Å². The first-order valence-corrected chi connectivity index (χ1v) is 10.2. The van der Waals surface area contributed by atoms with Gasteiger partial charge in [0, 0.05) is 45.1 Å². The number of hydrogen-bond acceptors (Lipinski definition) is 4. The van der Waals surface area contributed by atoms with E-state index < -0.39 is 0 Å². The Hall–Kier alpha value is -1.66. The molecule has 0 radical (unpaired) electrons. The fourth-order valence-corrected chi connectivity index (χ4v) is 5.39. The minimum absolute atomic E-state index is 0.0339. The van der Waals surface area contributed by atoms with E-state index in [0.29, 0.717) is 30.2 Å². The average Bonchev–Trinajstić information content (AvgIpc) is 3.31. The molecule has 6 heteroatoms. The van der Waals surface area contributed by atoms with Gasteiger partial charge < -0.3 is 10.1 Å². The Bertz CT molecular complexity index is 751. The van der Waals surface area contributed by atoms with Crippen LogP contribution in [-0.2, 0) is 11.8 Å². The molecule has 3 fully saturated rings. The first kappa shape index (κ1) is 18.7. The standard InChI is InChI=1S/C21H32N4O2/c1-14(2)6-5-9-25-12-17-16(19-7-8-21(17,13-25)27-19)11-22-20(26)18-10-15(3)23-24(18)4/h6,10,16-17,19H,5,7-9,11-13H2,1-4H3,(H,22,26)/t16-,17+,19+,21+/m0/s1. The fraction of sp³-hybridized carbons (Fsp3) is 0.714. The second-order valence-electron chi connectivity index (χ2n) is 8.84. The summed E-state index contributed by atoms with van der Waals surface area (Å²) in [6.45, 7) is 10.2. The molecule has 6 nitrogen and oxygen atoms in total. The number of nitrogens with zero attached hydrogens (tertiary/aromatic N) is 3. The molecule has 1 amide bonds. The number of aromatic nitrogens is 2. The van der Waals surface area contributed by atoms with Crippen molar-refractivity contribution in [1.29, 1.82) is 0 Å². The van der Waals surface area contributed by atoms with E-state index in [2.05, 4.69) is 35.2 Å². The highest BCUT2D eigenvalue weighted by Gasteiger charge is 2.62. The van der Waals surface area contributed by atoms with E-state index in [1.165, 1.54) is 12.0 Å². The van der Waals surface area contributed by atoms with Crippen LogP contribution in [0.15, 0.2) is 17.7 Å². The first-order valence-electron chi connectivity index (χ1n) is 10.2. The topological polar surface area (TPSA) is 59.4 Å². The van der Waals surface area contributed by atoms with Crippen LogP contribution >= 0.6 is 0 Å². The molecule has 3 aliphatic heterocycles. The van der Waals surface area contributed by atoms with Gasteiger partial charge in [-0.05, 0) is 46.1 Å². The third-order valence-electron chi connectivity index (χ3n) is 6.59.